The molecule has 5 rings (SSSR count). The molecule has 1 saturated heterocycles. The van der Waals surface area contributed by atoms with Crippen molar-refractivity contribution in [3.63, 3.8) is 0 Å². The van der Waals surface area contributed by atoms with Gasteiger partial charge in [0, 0.05) is 37.2 Å². The number of rotatable bonds is 6. The van der Waals surface area contributed by atoms with E-state index in [9.17, 15) is 4.39 Å². The topological polar surface area (TPSA) is 44.7 Å². The fourth-order valence-corrected chi connectivity index (χ4v) is 5.92. The van der Waals surface area contributed by atoms with Gasteiger partial charge in [0.15, 0.2) is 17.4 Å². The number of fused-ring (bicyclic) bond motifs is 1. The predicted octanol–water partition coefficient (Wildman–Crippen LogP) is 6.07. The number of anilines is 2. The van der Waals surface area contributed by atoms with Gasteiger partial charge in [0.2, 0.25) is 0 Å². The zero-order valence-electron chi connectivity index (χ0n) is 24.1. The summed E-state index contributed by atoms with van der Waals surface area (Å²) in [6, 6.07) is 8.74. The van der Waals surface area contributed by atoms with Crippen LogP contribution in [0.3, 0.4) is 0 Å². The third kappa shape index (κ3) is 5.48. The van der Waals surface area contributed by atoms with E-state index in [1.165, 1.54) is 12.1 Å². The van der Waals surface area contributed by atoms with Crippen molar-refractivity contribution in [2.75, 3.05) is 37.0 Å². The van der Waals surface area contributed by atoms with E-state index in [0.29, 0.717) is 34.4 Å². The molecule has 2 unspecified atom stereocenters. The molecule has 3 aromatic rings. The molecule has 0 N–H and O–H groups in total. The number of hydrogen-bond acceptors (Lipinski definition) is 6. The SMILES string of the molecule is CC1Oc2c(F)cc(-c3nc(Cc4ccc(N5CCC(N(C)C)CC5)c(F)c4)ncc3F)cc2N(C(C)C)C1C. The van der Waals surface area contributed by atoms with E-state index in [0.717, 1.165) is 32.1 Å². The molecule has 0 saturated carbocycles. The second-order valence-electron chi connectivity index (χ2n) is 11.5. The van der Waals surface area contributed by atoms with Crippen molar-refractivity contribution in [2.45, 2.75) is 71.2 Å². The molecule has 1 aromatic heterocycles. The van der Waals surface area contributed by atoms with E-state index in [2.05, 4.69) is 38.8 Å². The van der Waals surface area contributed by atoms with E-state index in [4.69, 9.17) is 4.74 Å². The summed E-state index contributed by atoms with van der Waals surface area (Å²) in [5.74, 6) is -1.02. The zero-order valence-corrected chi connectivity index (χ0v) is 24.1. The highest BCUT2D eigenvalue weighted by atomic mass is 19.1. The van der Waals surface area contributed by atoms with Crippen LogP contribution in [0.1, 0.15) is 51.9 Å². The lowest BCUT2D eigenvalue weighted by molar-refractivity contribution is 0.164. The summed E-state index contributed by atoms with van der Waals surface area (Å²) in [5.41, 5.74) is 2.15. The minimum Gasteiger partial charge on any atom is -0.483 e. The van der Waals surface area contributed by atoms with Gasteiger partial charge in [0.1, 0.15) is 23.4 Å². The van der Waals surface area contributed by atoms with Gasteiger partial charge in [-0.15, -0.1) is 0 Å². The molecule has 1 fully saturated rings. The third-order valence-electron chi connectivity index (χ3n) is 8.26. The number of ether oxygens (including phenoxy) is 1. The first-order valence-electron chi connectivity index (χ1n) is 14.0. The quantitative estimate of drug-likeness (QED) is 0.370. The second kappa shape index (κ2) is 11.3. The monoisotopic (exact) mass is 553 g/mol. The number of halogens is 3. The van der Waals surface area contributed by atoms with Crippen molar-refractivity contribution in [1.82, 2.24) is 14.9 Å². The first-order valence-corrected chi connectivity index (χ1v) is 14.0. The van der Waals surface area contributed by atoms with Gasteiger partial charge in [-0.05, 0) is 84.5 Å². The summed E-state index contributed by atoms with van der Waals surface area (Å²) in [6.07, 6.45) is 3.09. The van der Waals surface area contributed by atoms with Crippen molar-refractivity contribution in [3.05, 3.63) is 65.4 Å². The summed E-state index contributed by atoms with van der Waals surface area (Å²) in [4.78, 5) is 15.0. The van der Waals surface area contributed by atoms with Crippen LogP contribution in [0.15, 0.2) is 36.5 Å². The molecule has 3 heterocycles. The Morgan fingerprint density at radius 2 is 1.70 bits per heavy atom. The molecule has 2 aromatic carbocycles. The number of aromatic nitrogens is 2. The van der Waals surface area contributed by atoms with Gasteiger partial charge >= 0.3 is 0 Å². The molecular formula is C31H38F3N5O. The fourth-order valence-electron chi connectivity index (χ4n) is 5.92. The normalized spacial score (nSPS) is 19.8. The smallest absolute Gasteiger partial charge is 0.178 e. The van der Waals surface area contributed by atoms with Crippen molar-refractivity contribution >= 4 is 11.4 Å². The van der Waals surface area contributed by atoms with Crippen LogP contribution in [0.4, 0.5) is 24.5 Å². The Morgan fingerprint density at radius 3 is 2.35 bits per heavy atom. The largest absolute Gasteiger partial charge is 0.483 e. The molecule has 9 heteroatoms. The average Bonchev–Trinajstić information content (AvgIpc) is 2.91. The van der Waals surface area contributed by atoms with Gasteiger partial charge in [-0.25, -0.2) is 23.1 Å². The van der Waals surface area contributed by atoms with Crippen LogP contribution in [0, 0.1) is 17.5 Å². The Hall–Kier alpha value is -3.33. The highest BCUT2D eigenvalue weighted by Crippen LogP contribution is 2.42. The first-order chi connectivity index (χ1) is 19.0. The molecule has 0 radical (unpaired) electrons. The Morgan fingerprint density at radius 1 is 0.975 bits per heavy atom. The number of piperidine rings is 1. The average molecular weight is 554 g/mol. The van der Waals surface area contributed by atoms with Gasteiger partial charge in [-0.1, -0.05) is 6.07 Å². The molecule has 0 bridgehead atoms. The Balaban J connectivity index is 1.40. The maximum atomic E-state index is 15.3. The van der Waals surface area contributed by atoms with E-state index in [-0.39, 0.29) is 41.9 Å². The second-order valence-corrected chi connectivity index (χ2v) is 11.5. The number of nitrogens with zero attached hydrogens (tertiary/aromatic N) is 5. The maximum Gasteiger partial charge on any atom is 0.178 e. The van der Waals surface area contributed by atoms with E-state index in [1.807, 2.05) is 33.8 Å². The van der Waals surface area contributed by atoms with E-state index < -0.39 is 11.6 Å². The molecular weight excluding hydrogens is 515 g/mol. The molecule has 6 nitrogen and oxygen atoms in total. The van der Waals surface area contributed by atoms with Crippen molar-refractivity contribution < 1.29 is 17.9 Å². The molecule has 0 spiro atoms. The van der Waals surface area contributed by atoms with Crippen LogP contribution in [-0.2, 0) is 6.42 Å². The summed E-state index contributed by atoms with van der Waals surface area (Å²) < 4.78 is 51.3. The lowest BCUT2D eigenvalue weighted by Gasteiger charge is -2.43. The lowest BCUT2D eigenvalue weighted by atomic mass is 10.0. The van der Waals surface area contributed by atoms with E-state index >= 15 is 8.78 Å². The van der Waals surface area contributed by atoms with Crippen molar-refractivity contribution in [2.24, 2.45) is 0 Å². The van der Waals surface area contributed by atoms with E-state index in [1.54, 1.807) is 12.1 Å². The first kappa shape index (κ1) is 28.2. The minimum atomic E-state index is -0.653. The van der Waals surface area contributed by atoms with Gasteiger partial charge in [0.25, 0.3) is 0 Å². The van der Waals surface area contributed by atoms with Gasteiger partial charge < -0.3 is 19.4 Å². The molecule has 2 aliphatic rings. The molecule has 0 amide bonds. The standard InChI is InChI=1S/C31H38F3N5O/c1-18(2)39-19(3)20(4)40-31-25(33)15-22(16-28(31)39)30-26(34)17-35-29(36-30)14-21-7-8-27(24(32)13-21)38-11-9-23(10-12-38)37(5)6/h7-8,13,15-20,23H,9-12,14H2,1-6H3. The molecule has 214 valence electrons. The van der Waals surface area contributed by atoms with Gasteiger partial charge in [-0.3, -0.25) is 0 Å². The molecule has 2 aliphatic heterocycles. The van der Waals surface area contributed by atoms with Gasteiger partial charge in [0.05, 0.1) is 23.6 Å². The molecule has 0 aliphatic carbocycles. The lowest BCUT2D eigenvalue weighted by Crippen LogP contribution is -2.50. The molecule has 40 heavy (non-hydrogen) atoms. The Labute approximate surface area is 234 Å². The predicted molar refractivity (Wildman–Crippen MR) is 153 cm³/mol. The Kier molecular flexibility index (Phi) is 7.95. The number of benzene rings is 2. The Bertz CT molecular complexity index is 1370. The zero-order chi connectivity index (χ0) is 28.7. The van der Waals surface area contributed by atoms with Crippen LogP contribution >= 0.6 is 0 Å². The minimum absolute atomic E-state index is 0.00235. The fraction of sp³-hybridized carbons (Fsp3) is 0.484. The van der Waals surface area contributed by atoms with Gasteiger partial charge in [-0.2, -0.15) is 0 Å². The van der Waals surface area contributed by atoms with Crippen molar-refractivity contribution in [1.29, 1.82) is 0 Å². The highest BCUT2D eigenvalue weighted by molar-refractivity contribution is 5.73. The highest BCUT2D eigenvalue weighted by Gasteiger charge is 2.34. The third-order valence-corrected chi connectivity index (χ3v) is 8.26. The van der Waals surface area contributed by atoms with Crippen LogP contribution in [0.25, 0.3) is 11.3 Å². The van der Waals surface area contributed by atoms with Crippen LogP contribution in [0.5, 0.6) is 5.75 Å². The maximum absolute atomic E-state index is 15.3. The van der Waals surface area contributed by atoms with Crippen LogP contribution in [0.2, 0.25) is 0 Å². The summed E-state index contributed by atoms with van der Waals surface area (Å²) >= 11 is 0. The van der Waals surface area contributed by atoms with Crippen LogP contribution in [-0.4, -0.2) is 66.3 Å². The molecule has 2 atom stereocenters. The summed E-state index contributed by atoms with van der Waals surface area (Å²) in [5, 5.41) is 0. The van der Waals surface area contributed by atoms with Crippen LogP contribution < -0.4 is 14.5 Å². The summed E-state index contributed by atoms with van der Waals surface area (Å²) in [6.45, 7) is 9.60. The number of hydrogen-bond donors (Lipinski definition) is 0. The van der Waals surface area contributed by atoms with Crippen molar-refractivity contribution in [3.8, 4) is 17.0 Å². The summed E-state index contributed by atoms with van der Waals surface area (Å²) in [7, 11) is 4.16.